The molecule has 7 heteroatoms. The largest absolute Gasteiger partial charge is 0.378 e. The topological polar surface area (TPSA) is 66.0 Å². The highest BCUT2D eigenvalue weighted by atomic mass is 32.1. The van der Waals surface area contributed by atoms with Gasteiger partial charge in [0.2, 0.25) is 5.91 Å². The van der Waals surface area contributed by atoms with Gasteiger partial charge in [0.05, 0.1) is 25.7 Å². The van der Waals surface area contributed by atoms with Gasteiger partial charge in [-0.25, -0.2) is 4.99 Å². The molecule has 3 rings (SSSR count). The maximum absolute atomic E-state index is 13.3. The molecule has 1 saturated heterocycles. The van der Waals surface area contributed by atoms with Crippen molar-refractivity contribution in [3.8, 4) is 0 Å². The first-order valence-corrected chi connectivity index (χ1v) is 11.5. The molecule has 2 aromatic rings. The number of rotatable bonds is 8. The number of ether oxygens (including phenoxy) is 1. The summed E-state index contributed by atoms with van der Waals surface area (Å²) in [4.78, 5) is 22.5. The average Bonchev–Trinajstić information content (AvgIpc) is 3.27. The van der Waals surface area contributed by atoms with Crippen LogP contribution in [0.4, 0.5) is 0 Å². The molecule has 1 atom stereocenters. The van der Waals surface area contributed by atoms with Crippen molar-refractivity contribution in [2.75, 3.05) is 39.4 Å². The molecule has 6 nitrogen and oxygen atoms in total. The maximum atomic E-state index is 13.3. The Bertz CT molecular complexity index is 816. The number of aryl methyl sites for hydroxylation is 1. The quantitative estimate of drug-likeness (QED) is 0.501. The molecule has 2 N–H and O–H groups in total. The zero-order chi connectivity index (χ0) is 21.2. The van der Waals surface area contributed by atoms with Crippen LogP contribution in [0.3, 0.4) is 0 Å². The predicted molar refractivity (Wildman–Crippen MR) is 123 cm³/mol. The summed E-state index contributed by atoms with van der Waals surface area (Å²) in [6.45, 7) is 8.61. The molecular formula is C23H32N4O2S. The van der Waals surface area contributed by atoms with Gasteiger partial charge in [-0.3, -0.25) is 4.79 Å². The average molecular weight is 429 g/mol. The molecule has 0 spiro atoms. The van der Waals surface area contributed by atoms with Crippen LogP contribution < -0.4 is 10.6 Å². The van der Waals surface area contributed by atoms with Gasteiger partial charge in [0.1, 0.15) is 0 Å². The molecule has 0 aliphatic carbocycles. The van der Waals surface area contributed by atoms with E-state index in [2.05, 4.69) is 29.7 Å². The van der Waals surface area contributed by atoms with E-state index in [1.54, 1.807) is 11.3 Å². The summed E-state index contributed by atoms with van der Waals surface area (Å²) in [5, 5.41) is 6.69. The number of hydrogen-bond acceptors (Lipinski definition) is 4. The Morgan fingerprint density at radius 3 is 2.50 bits per heavy atom. The van der Waals surface area contributed by atoms with Gasteiger partial charge in [-0.15, -0.1) is 11.3 Å². The van der Waals surface area contributed by atoms with Gasteiger partial charge < -0.3 is 20.3 Å². The van der Waals surface area contributed by atoms with Crippen molar-refractivity contribution in [3.63, 3.8) is 0 Å². The molecule has 1 aromatic carbocycles. The number of thiophene rings is 1. The van der Waals surface area contributed by atoms with Gasteiger partial charge in [0.25, 0.3) is 0 Å². The third kappa shape index (κ3) is 6.31. The molecule has 1 fully saturated rings. The molecule has 2 heterocycles. The van der Waals surface area contributed by atoms with Crippen molar-refractivity contribution in [2.24, 2.45) is 4.99 Å². The van der Waals surface area contributed by atoms with E-state index in [4.69, 9.17) is 9.73 Å². The molecule has 1 amide bonds. The van der Waals surface area contributed by atoms with Crippen molar-refractivity contribution in [1.29, 1.82) is 0 Å². The lowest BCUT2D eigenvalue weighted by atomic mass is 9.97. The van der Waals surface area contributed by atoms with E-state index >= 15 is 0 Å². The fourth-order valence-electron chi connectivity index (χ4n) is 3.43. The number of morpholine rings is 1. The molecule has 162 valence electrons. The van der Waals surface area contributed by atoms with Crippen molar-refractivity contribution in [2.45, 2.75) is 32.7 Å². The predicted octanol–water partition coefficient (Wildman–Crippen LogP) is 3.01. The summed E-state index contributed by atoms with van der Waals surface area (Å²) in [5.74, 6) is 0.611. The third-order valence-electron chi connectivity index (χ3n) is 5.10. The summed E-state index contributed by atoms with van der Waals surface area (Å²) < 4.78 is 5.41. The van der Waals surface area contributed by atoms with Gasteiger partial charge in [0, 0.05) is 35.9 Å². The second-order valence-corrected chi connectivity index (χ2v) is 8.45. The highest BCUT2D eigenvalue weighted by Crippen LogP contribution is 2.19. The van der Waals surface area contributed by atoms with Gasteiger partial charge in [0.15, 0.2) is 5.96 Å². The number of aliphatic imine (C=N–C) groups is 1. The number of hydrogen-bond donors (Lipinski definition) is 2. The molecule has 1 unspecified atom stereocenters. The molecular weight excluding hydrogens is 396 g/mol. The minimum absolute atomic E-state index is 0.138. The lowest BCUT2D eigenvalue weighted by Gasteiger charge is -2.31. The molecule has 1 aliphatic rings. The van der Waals surface area contributed by atoms with E-state index in [1.165, 1.54) is 9.75 Å². The normalized spacial score (nSPS) is 15.7. The van der Waals surface area contributed by atoms with Crippen LogP contribution in [-0.2, 0) is 22.5 Å². The van der Waals surface area contributed by atoms with E-state index in [0.29, 0.717) is 39.4 Å². The Balaban J connectivity index is 1.69. The second kappa shape index (κ2) is 11.7. The Hall–Kier alpha value is -2.38. The van der Waals surface area contributed by atoms with Crippen molar-refractivity contribution in [3.05, 3.63) is 57.8 Å². The van der Waals surface area contributed by atoms with Crippen LogP contribution in [0, 0.1) is 0 Å². The number of carbonyl (C=O) groups is 1. The van der Waals surface area contributed by atoms with Gasteiger partial charge >= 0.3 is 0 Å². The monoisotopic (exact) mass is 428 g/mol. The van der Waals surface area contributed by atoms with Crippen LogP contribution in [0.25, 0.3) is 0 Å². The first kappa shape index (κ1) is 22.3. The Kier molecular flexibility index (Phi) is 8.71. The minimum Gasteiger partial charge on any atom is -0.378 e. The SMILES string of the molecule is CCNC(=NCc1ccc(CC)s1)NCC(C(=O)N1CCOCC1)c1ccccc1. The molecule has 1 aromatic heterocycles. The maximum Gasteiger partial charge on any atom is 0.232 e. The van der Waals surface area contributed by atoms with Gasteiger partial charge in [-0.05, 0) is 31.0 Å². The van der Waals surface area contributed by atoms with Crippen LogP contribution >= 0.6 is 11.3 Å². The number of nitrogens with one attached hydrogen (secondary N) is 2. The van der Waals surface area contributed by atoms with Crippen LogP contribution in [0.15, 0.2) is 47.5 Å². The summed E-state index contributed by atoms with van der Waals surface area (Å²) in [5.41, 5.74) is 1.02. The number of amides is 1. The lowest BCUT2D eigenvalue weighted by Crippen LogP contribution is -2.47. The summed E-state index contributed by atoms with van der Waals surface area (Å²) >= 11 is 1.80. The Labute approximate surface area is 183 Å². The molecule has 0 radical (unpaired) electrons. The number of benzene rings is 1. The smallest absolute Gasteiger partial charge is 0.232 e. The Morgan fingerprint density at radius 1 is 1.10 bits per heavy atom. The number of nitrogens with zero attached hydrogens (tertiary/aromatic N) is 2. The van der Waals surface area contributed by atoms with E-state index in [1.807, 2.05) is 42.2 Å². The van der Waals surface area contributed by atoms with Gasteiger partial charge in [-0.2, -0.15) is 0 Å². The van der Waals surface area contributed by atoms with Crippen LogP contribution in [0.1, 0.15) is 35.1 Å². The standard InChI is InChI=1S/C23H32N4O2S/c1-3-19-10-11-20(30-19)16-25-23(24-4-2)26-17-21(18-8-6-5-7-9-18)22(28)27-12-14-29-15-13-27/h5-11,21H,3-4,12-17H2,1-2H3,(H2,24,25,26). The van der Waals surface area contributed by atoms with Crippen molar-refractivity contribution >= 4 is 23.2 Å². The fourth-order valence-corrected chi connectivity index (χ4v) is 4.31. The summed E-state index contributed by atoms with van der Waals surface area (Å²) in [6, 6.07) is 14.3. The number of carbonyl (C=O) groups excluding carboxylic acids is 1. The van der Waals surface area contributed by atoms with E-state index in [0.717, 1.165) is 24.5 Å². The summed E-state index contributed by atoms with van der Waals surface area (Å²) in [6.07, 6.45) is 1.05. The Morgan fingerprint density at radius 2 is 1.83 bits per heavy atom. The van der Waals surface area contributed by atoms with E-state index < -0.39 is 0 Å². The van der Waals surface area contributed by atoms with Crippen LogP contribution in [0.2, 0.25) is 0 Å². The zero-order valence-electron chi connectivity index (χ0n) is 17.9. The highest BCUT2D eigenvalue weighted by molar-refractivity contribution is 7.11. The van der Waals surface area contributed by atoms with Gasteiger partial charge in [-0.1, -0.05) is 37.3 Å². The zero-order valence-corrected chi connectivity index (χ0v) is 18.7. The summed E-state index contributed by atoms with van der Waals surface area (Å²) in [7, 11) is 0. The fraction of sp³-hybridized carbons (Fsp3) is 0.478. The third-order valence-corrected chi connectivity index (χ3v) is 6.31. The van der Waals surface area contributed by atoms with Crippen molar-refractivity contribution < 1.29 is 9.53 Å². The van der Waals surface area contributed by atoms with Crippen LogP contribution in [0.5, 0.6) is 0 Å². The highest BCUT2D eigenvalue weighted by Gasteiger charge is 2.27. The van der Waals surface area contributed by atoms with E-state index in [9.17, 15) is 4.79 Å². The van der Waals surface area contributed by atoms with Crippen LogP contribution in [-0.4, -0.2) is 56.2 Å². The first-order valence-electron chi connectivity index (χ1n) is 10.7. The first-order chi connectivity index (χ1) is 14.7. The van der Waals surface area contributed by atoms with Crippen molar-refractivity contribution in [1.82, 2.24) is 15.5 Å². The molecule has 30 heavy (non-hydrogen) atoms. The second-order valence-electron chi connectivity index (χ2n) is 7.20. The number of guanidine groups is 1. The lowest BCUT2D eigenvalue weighted by molar-refractivity contribution is -0.136. The minimum atomic E-state index is -0.262. The molecule has 0 saturated carbocycles. The van der Waals surface area contributed by atoms with E-state index in [-0.39, 0.29) is 11.8 Å². The molecule has 1 aliphatic heterocycles. The molecule has 0 bridgehead atoms.